The molecular formula is C17H22N4O4. The van der Waals surface area contributed by atoms with Gasteiger partial charge in [0.15, 0.2) is 0 Å². The van der Waals surface area contributed by atoms with E-state index in [9.17, 15) is 4.79 Å². The number of nitrogens with zero attached hydrogens (tertiary/aromatic N) is 4. The lowest BCUT2D eigenvalue weighted by atomic mass is 10.2. The molecular weight excluding hydrogens is 324 g/mol. The van der Waals surface area contributed by atoms with E-state index in [1.54, 1.807) is 23.2 Å². The smallest absolute Gasteiger partial charge is 0.259 e. The van der Waals surface area contributed by atoms with Crippen LogP contribution in [0.1, 0.15) is 16.8 Å². The molecule has 2 aromatic rings. The molecule has 8 heteroatoms. The van der Waals surface area contributed by atoms with Gasteiger partial charge in [-0.25, -0.2) is 0 Å². The van der Waals surface area contributed by atoms with Crippen molar-refractivity contribution >= 4 is 5.91 Å². The molecule has 8 nitrogen and oxygen atoms in total. The highest BCUT2D eigenvalue weighted by Crippen LogP contribution is 2.22. The standard InChI is InChI=1S/C17H22N4O4/c1-23-15-6-5-14(16(19-15)24-2)17(22)20-8-4-10-25-13(11-20)12-21-9-3-7-18-21/h3,5-7,9,13H,4,8,10-12H2,1-2H3/t13-/m1/s1. The first-order valence-corrected chi connectivity index (χ1v) is 8.18. The molecule has 0 aromatic carbocycles. The Bertz CT molecular complexity index is 705. The van der Waals surface area contributed by atoms with E-state index in [-0.39, 0.29) is 17.9 Å². The van der Waals surface area contributed by atoms with Crippen LogP contribution >= 0.6 is 0 Å². The minimum Gasteiger partial charge on any atom is -0.481 e. The van der Waals surface area contributed by atoms with Crippen molar-refractivity contribution in [2.24, 2.45) is 0 Å². The molecule has 1 aliphatic heterocycles. The fourth-order valence-electron chi connectivity index (χ4n) is 2.83. The minimum atomic E-state index is -0.122. The van der Waals surface area contributed by atoms with Crippen molar-refractivity contribution in [1.29, 1.82) is 0 Å². The van der Waals surface area contributed by atoms with E-state index in [4.69, 9.17) is 14.2 Å². The van der Waals surface area contributed by atoms with Crippen LogP contribution in [0.2, 0.25) is 0 Å². The number of carbonyl (C=O) groups excluding carboxylic acids is 1. The summed E-state index contributed by atoms with van der Waals surface area (Å²) in [5.74, 6) is 0.547. The number of aromatic nitrogens is 3. The molecule has 0 aliphatic carbocycles. The zero-order chi connectivity index (χ0) is 17.6. The summed E-state index contributed by atoms with van der Waals surface area (Å²) in [5, 5.41) is 4.20. The number of amides is 1. The lowest BCUT2D eigenvalue weighted by Gasteiger charge is -2.24. The Morgan fingerprint density at radius 1 is 1.36 bits per heavy atom. The molecule has 0 unspecified atom stereocenters. The van der Waals surface area contributed by atoms with Crippen LogP contribution in [0.4, 0.5) is 0 Å². The van der Waals surface area contributed by atoms with Crippen molar-refractivity contribution in [1.82, 2.24) is 19.7 Å². The number of pyridine rings is 1. The topological polar surface area (TPSA) is 78.7 Å². The van der Waals surface area contributed by atoms with Gasteiger partial charge in [-0.1, -0.05) is 0 Å². The maximum Gasteiger partial charge on any atom is 0.259 e. The van der Waals surface area contributed by atoms with Gasteiger partial charge in [-0.3, -0.25) is 9.48 Å². The molecule has 1 saturated heterocycles. The van der Waals surface area contributed by atoms with E-state index in [0.29, 0.717) is 37.7 Å². The second-order valence-electron chi connectivity index (χ2n) is 5.74. The molecule has 1 fully saturated rings. The molecule has 0 N–H and O–H groups in total. The Morgan fingerprint density at radius 3 is 2.96 bits per heavy atom. The summed E-state index contributed by atoms with van der Waals surface area (Å²) in [4.78, 5) is 18.9. The third kappa shape index (κ3) is 4.08. The van der Waals surface area contributed by atoms with Gasteiger partial charge < -0.3 is 19.1 Å². The summed E-state index contributed by atoms with van der Waals surface area (Å²) in [6.07, 6.45) is 4.29. The van der Waals surface area contributed by atoms with E-state index in [2.05, 4.69) is 10.1 Å². The maximum atomic E-state index is 13.0. The summed E-state index contributed by atoms with van der Waals surface area (Å²) in [6.45, 7) is 2.35. The van der Waals surface area contributed by atoms with Crippen LogP contribution in [0.3, 0.4) is 0 Å². The van der Waals surface area contributed by atoms with Crippen LogP contribution in [0.15, 0.2) is 30.6 Å². The average Bonchev–Trinajstić information content (AvgIpc) is 3.04. The molecule has 0 bridgehead atoms. The lowest BCUT2D eigenvalue weighted by Crippen LogP contribution is -2.38. The lowest BCUT2D eigenvalue weighted by molar-refractivity contribution is 0.0366. The summed E-state index contributed by atoms with van der Waals surface area (Å²) in [7, 11) is 3.01. The van der Waals surface area contributed by atoms with Crippen molar-refractivity contribution in [3.05, 3.63) is 36.2 Å². The molecule has 1 amide bonds. The summed E-state index contributed by atoms with van der Waals surface area (Å²) in [5.41, 5.74) is 0.419. The van der Waals surface area contributed by atoms with Gasteiger partial charge in [-0.15, -0.1) is 0 Å². The van der Waals surface area contributed by atoms with Gasteiger partial charge in [0, 0.05) is 38.2 Å². The Kier molecular flexibility index (Phi) is 5.49. The van der Waals surface area contributed by atoms with Gasteiger partial charge in [0.2, 0.25) is 11.8 Å². The second-order valence-corrected chi connectivity index (χ2v) is 5.74. The molecule has 0 saturated carbocycles. The summed E-state index contributed by atoms with van der Waals surface area (Å²) in [6, 6.07) is 5.21. The Labute approximate surface area is 146 Å². The molecule has 3 heterocycles. The van der Waals surface area contributed by atoms with Gasteiger partial charge in [-0.05, 0) is 18.6 Å². The van der Waals surface area contributed by atoms with Crippen molar-refractivity contribution in [3.63, 3.8) is 0 Å². The van der Waals surface area contributed by atoms with Gasteiger partial charge >= 0.3 is 0 Å². The number of rotatable bonds is 5. The van der Waals surface area contributed by atoms with Crippen LogP contribution in [0.25, 0.3) is 0 Å². The highest BCUT2D eigenvalue weighted by molar-refractivity contribution is 5.96. The molecule has 2 aromatic heterocycles. The minimum absolute atomic E-state index is 0.108. The van der Waals surface area contributed by atoms with Crippen molar-refractivity contribution in [3.8, 4) is 11.8 Å². The van der Waals surface area contributed by atoms with Crippen LogP contribution in [-0.2, 0) is 11.3 Å². The Balaban J connectivity index is 1.76. The predicted octanol–water partition coefficient (Wildman–Crippen LogP) is 1.23. The molecule has 134 valence electrons. The van der Waals surface area contributed by atoms with Crippen molar-refractivity contribution in [2.45, 2.75) is 19.1 Å². The molecule has 0 radical (unpaired) electrons. The maximum absolute atomic E-state index is 13.0. The third-order valence-electron chi connectivity index (χ3n) is 4.05. The fraction of sp³-hybridized carbons (Fsp3) is 0.471. The number of carbonyl (C=O) groups is 1. The third-order valence-corrected chi connectivity index (χ3v) is 4.05. The summed E-state index contributed by atoms with van der Waals surface area (Å²) >= 11 is 0. The van der Waals surface area contributed by atoms with Gasteiger partial charge in [0.1, 0.15) is 5.56 Å². The van der Waals surface area contributed by atoms with E-state index in [1.807, 2.05) is 16.9 Å². The molecule has 1 atom stereocenters. The quantitative estimate of drug-likeness (QED) is 0.810. The first-order chi connectivity index (χ1) is 12.2. The number of hydrogen-bond acceptors (Lipinski definition) is 6. The molecule has 25 heavy (non-hydrogen) atoms. The molecule has 0 spiro atoms. The zero-order valence-electron chi connectivity index (χ0n) is 14.4. The zero-order valence-corrected chi connectivity index (χ0v) is 14.4. The van der Waals surface area contributed by atoms with Crippen LogP contribution in [-0.4, -0.2) is 65.6 Å². The Morgan fingerprint density at radius 2 is 2.24 bits per heavy atom. The van der Waals surface area contributed by atoms with Crippen LogP contribution in [0.5, 0.6) is 11.8 Å². The molecule has 1 aliphatic rings. The first kappa shape index (κ1) is 17.2. The fourth-order valence-corrected chi connectivity index (χ4v) is 2.83. The number of methoxy groups -OCH3 is 2. The van der Waals surface area contributed by atoms with Gasteiger partial charge in [0.05, 0.1) is 26.9 Å². The van der Waals surface area contributed by atoms with Crippen LogP contribution in [0, 0.1) is 0 Å². The van der Waals surface area contributed by atoms with E-state index < -0.39 is 0 Å². The highest BCUT2D eigenvalue weighted by Gasteiger charge is 2.26. The van der Waals surface area contributed by atoms with Crippen LogP contribution < -0.4 is 9.47 Å². The Hall–Kier alpha value is -2.61. The van der Waals surface area contributed by atoms with E-state index >= 15 is 0 Å². The number of hydrogen-bond donors (Lipinski definition) is 0. The average molecular weight is 346 g/mol. The molecule has 3 rings (SSSR count). The van der Waals surface area contributed by atoms with Crippen molar-refractivity contribution < 1.29 is 19.0 Å². The SMILES string of the molecule is COc1ccc(C(=O)N2CCCO[C@@H](Cn3cccn3)C2)c(OC)n1. The van der Waals surface area contributed by atoms with E-state index in [1.165, 1.54) is 14.2 Å². The van der Waals surface area contributed by atoms with Crippen molar-refractivity contribution in [2.75, 3.05) is 33.9 Å². The van der Waals surface area contributed by atoms with Gasteiger partial charge in [-0.2, -0.15) is 10.1 Å². The summed E-state index contributed by atoms with van der Waals surface area (Å²) < 4.78 is 18.0. The van der Waals surface area contributed by atoms with Gasteiger partial charge in [0.25, 0.3) is 5.91 Å². The predicted molar refractivity (Wildman–Crippen MR) is 89.8 cm³/mol. The highest BCUT2D eigenvalue weighted by atomic mass is 16.5. The first-order valence-electron chi connectivity index (χ1n) is 8.18. The second kappa shape index (κ2) is 7.98. The van der Waals surface area contributed by atoms with E-state index in [0.717, 1.165) is 6.42 Å². The largest absolute Gasteiger partial charge is 0.481 e. The monoisotopic (exact) mass is 346 g/mol. The normalized spacial score (nSPS) is 17.8. The number of ether oxygens (including phenoxy) is 3.